The van der Waals surface area contributed by atoms with Crippen LogP contribution in [0.1, 0.15) is 28.3 Å². The van der Waals surface area contributed by atoms with Gasteiger partial charge in [-0.25, -0.2) is 9.37 Å². The Morgan fingerprint density at radius 2 is 1.96 bits per heavy atom. The number of thiazole rings is 1. The highest BCUT2D eigenvalue weighted by Crippen LogP contribution is 2.24. The maximum absolute atomic E-state index is 13.1. The van der Waals surface area contributed by atoms with Gasteiger partial charge in [0.15, 0.2) is 0 Å². The van der Waals surface area contributed by atoms with E-state index in [1.807, 2.05) is 29.3 Å². The zero-order valence-corrected chi connectivity index (χ0v) is 16.4. The van der Waals surface area contributed by atoms with Gasteiger partial charge < -0.3 is 9.80 Å². The number of halogens is 1. The maximum Gasteiger partial charge on any atom is 0.273 e. The first-order valence-corrected chi connectivity index (χ1v) is 10.4. The van der Waals surface area contributed by atoms with Crippen LogP contribution in [-0.4, -0.2) is 66.0 Å². The number of aryl methyl sites for hydroxylation is 1. The Morgan fingerprint density at radius 1 is 1.15 bits per heavy atom. The Morgan fingerprint density at radius 3 is 2.70 bits per heavy atom. The molecule has 1 aromatic carbocycles. The lowest BCUT2D eigenvalue weighted by atomic mass is 10.2. The smallest absolute Gasteiger partial charge is 0.273 e. The van der Waals surface area contributed by atoms with Gasteiger partial charge in [-0.3, -0.25) is 9.69 Å². The fraction of sp³-hybridized carbons (Fsp3) is 0.500. The number of aromatic nitrogens is 1. The van der Waals surface area contributed by atoms with Crippen molar-refractivity contribution >= 4 is 22.9 Å². The summed E-state index contributed by atoms with van der Waals surface area (Å²) in [6, 6.07) is 7.26. The van der Waals surface area contributed by atoms with Crippen molar-refractivity contribution in [3.8, 4) is 0 Å². The predicted octanol–water partition coefficient (Wildman–Crippen LogP) is 3.02. The first-order chi connectivity index (χ1) is 13.1. The summed E-state index contributed by atoms with van der Waals surface area (Å²) < 4.78 is 13.1. The van der Waals surface area contributed by atoms with Gasteiger partial charge in [-0.2, -0.15) is 0 Å². The number of hydrogen-bond donors (Lipinski definition) is 0. The standard InChI is InChI=1S/C20H25FN4OS/c1-15-22-19(14-27-15)20(26)24-9-2-8-23(11-12-24)18-7-10-25(13-18)17-5-3-16(21)4-6-17/h3-6,14,18H,2,7-13H2,1H3. The molecule has 27 heavy (non-hydrogen) atoms. The molecule has 4 rings (SSSR count). The second-order valence-electron chi connectivity index (χ2n) is 7.30. The molecule has 0 spiro atoms. The minimum Gasteiger partial charge on any atom is -0.370 e. The van der Waals surface area contributed by atoms with Gasteiger partial charge in [0.25, 0.3) is 5.91 Å². The predicted molar refractivity (Wildman–Crippen MR) is 106 cm³/mol. The van der Waals surface area contributed by atoms with E-state index >= 15 is 0 Å². The summed E-state index contributed by atoms with van der Waals surface area (Å²) in [5, 5.41) is 2.79. The van der Waals surface area contributed by atoms with E-state index in [2.05, 4.69) is 14.8 Å². The monoisotopic (exact) mass is 388 g/mol. The molecule has 0 radical (unpaired) electrons. The molecule has 1 unspecified atom stereocenters. The molecule has 5 nitrogen and oxygen atoms in total. The molecule has 2 aromatic rings. The summed E-state index contributed by atoms with van der Waals surface area (Å²) in [4.78, 5) is 23.8. The second-order valence-corrected chi connectivity index (χ2v) is 8.36. The molecule has 1 amide bonds. The molecule has 2 fully saturated rings. The van der Waals surface area contributed by atoms with Crippen molar-refractivity contribution in [1.29, 1.82) is 0 Å². The SMILES string of the molecule is Cc1nc(C(=O)N2CCCN(C3CCN(c4ccc(F)cc4)C3)CC2)cs1. The van der Waals surface area contributed by atoms with Crippen molar-refractivity contribution in [3.05, 3.63) is 46.2 Å². The van der Waals surface area contributed by atoms with E-state index in [9.17, 15) is 9.18 Å². The van der Waals surface area contributed by atoms with Crippen molar-refractivity contribution in [3.63, 3.8) is 0 Å². The molecule has 0 aliphatic carbocycles. The van der Waals surface area contributed by atoms with Crippen LogP contribution in [-0.2, 0) is 0 Å². The molecule has 1 atom stereocenters. The molecule has 0 saturated carbocycles. The number of rotatable bonds is 3. The number of benzene rings is 1. The van der Waals surface area contributed by atoms with E-state index in [1.54, 1.807) is 0 Å². The Kier molecular flexibility index (Phi) is 5.41. The lowest BCUT2D eigenvalue weighted by Gasteiger charge is -2.28. The van der Waals surface area contributed by atoms with Crippen LogP contribution in [0.5, 0.6) is 0 Å². The van der Waals surface area contributed by atoms with Gasteiger partial charge in [0.1, 0.15) is 11.5 Å². The van der Waals surface area contributed by atoms with Crippen molar-refractivity contribution < 1.29 is 9.18 Å². The van der Waals surface area contributed by atoms with Crippen LogP contribution in [0, 0.1) is 12.7 Å². The highest BCUT2D eigenvalue weighted by atomic mass is 32.1. The van der Waals surface area contributed by atoms with Crippen LogP contribution in [0.4, 0.5) is 10.1 Å². The normalized spacial score (nSPS) is 21.5. The molecular formula is C20H25FN4OS. The number of amides is 1. The van der Waals surface area contributed by atoms with Crippen LogP contribution in [0.3, 0.4) is 0 Å². The van der Waals surface area contributed by atoms with E-state index in [4.69, 9.17) is 0 Å². The van der Waals surface area contributed by atoms with E-state index in [1.165, 1.54) is 23.5 Å². The largest absolute Gasteiger partial charge is 0.370 e. The van der Waals surface area contributed by atoms with Gasteiger partial charge in [0, 0.05) is 56.4 Å². The van der Waals surface area contributed by atoms with Crippen LogP contribution < -0.4 is 4.90 Å². The quantitative estimate of drug-likeness (QED) is 0.810. The van der Waals surface area contributed by atoms with Gasteiger partial charge in [-0.05, 0) is 44.0 Å². The van der Waals surface area contributed by atoms with Crippen LogP contribution in [0.15, 0.2) is 29.6 Å². The zero-order valence-electron chi connectivity index (χ0n) is 15.6. The highest BCUT2D eigenvalue weighted by molar-refractivity contribution is 7.09. The summed E-state index contributed by atoms with van der Waals surface area (Å²) >= 11 is 1.52. The third-order valence-corrected chi connectivity index (χ3v) is 6.30. The molecule has 3 heterocycles. The lowest BCUT2D eigenvalue weighted by Crippen LogP contribution is -2.41. The lowest BCUT2D eigenvalue weighted by molar-refractivity contribution is 0.0753. The van der Waals surface area contributed by atoms with Crippen LogP contribution in [0.25, 0.3) is 0 Å². The number of nitrogens with zero attached hydrogens (tertiary/aromatic N) is 4. The molecule has 7 heteroatoms. The molecular weight excluding hydrogens is 363 g/mol. The first kappa shape index (κ1) is 18.4. The number of carbonyl (C=O) groups is 1. The van der Waals surface area contributed by atoms with Gasteiger partial charge in [-0.1, -0.05) is 0 Å². The first-order valence-electron chi connectivity index (χ1n) is 9.56. The summed E-state index contributed by atoms with van der Waals surface area (Å²) in [5.41, 5.74) is 1.67. The third-order valence-electron chi connectivity index (χ3n) is 5.53. The van der Waals surface area contributed by atoms with Crippen molar-refractivity contribution in [1.82, 2.24) is 14.8 Å². The Bertz CT molecular complexity index is 794. The average Bonchev–Trinajstić information content (AvgIpc) is 3.25. The van der Waals surface area contributed by atoms with Crippen molar-refractivity contribution in [2.45, 2.75) is 25.8 Å². The zero-order chi connectivity index (χ0) is 18.8. The Labute approximate surface area is 163 Å². The van der Waals surface area contributed by atoms with Gasteiger partial charge >= 0.3 is 0 Å². The third kappa shape index (κ3) is 4.14. The van der Waals surface area contributed by atoms with Gasteiger partial charge in [0.2, 0.25) is 0 Å². The Balaban J connectivity index is 1.34. The van der Waals surface area contributed by atoms with E-state index < -0.39 is 0 Å². The molecule has 0 N–H and O–H groups in total. The summed E-state index contributed by atoms with van der Waals surface area (Å²) in [5.74, 6) is -0.136. The molecule has 144 valence electrons. The van der Waals surface area contributed by atoms with E-state index in [0.29, 0.717) is 11.7 Å². The van der Waals surface area contributed by atoms with E-state index in [-0.39, 0.29) is 11.7 Å². The Hall–Kier alpha value is -1.99. The topological polar surface area (TPSA) is 39.7 Å². The number of carbonyl (C=O) groups excluding carboxylic acids is 1. The maximum atomic E-state index is 13.1. The fourth-order valence-corrected chi connectivity index (χ4v) is 4.64. The highest BCUT2D eigenvalue weighted by Gasteiger charge is 2.30. The molecule has 2 aliphatic heterocycles. The second kappa shape index (κ2) is 7.94. The summed E-state index contributed by atoms with van der Waals surface area (Å²) in [6.45, 7) is 7.35. The molecule has 2 saturated heterocycles. The van der Waals surface area contributed by atoms with Crippen molar-refractivity contribution in [2.75, 3.05) is 44.2 Å². The van der Waals surface area contributed by atoms with E-state index in [0.717, 1.165) is 62.8 Å². The number of hydrogen-bond acceptors (Lipinski definition) is 5. The average molecular weight is 389 g/mol. The van der Waals surface area contributed by atoms with Crippen molar-refractivity contribution in [2.24, 2.45) is 0 Å². The summed E-state index contributed by atoms with van der Waals surface area (Å²) in [6.07, 6.45) is 2.10. The minimum atomic E-state index is -0.193. The van der Waals surface area contributed by atoms with Crippen LogP contribution >= 0.6 is 11.3 Å². The van der Waals surface area contributed by atoms with Crippen LogP contribution in [0.2, 0.25) is 0 Å². The molecule has 2 aliphatic rings. The molecule has 1 aromatic heterocycles. The summed E-state index contributed by atoms with van der Waals surface area (Å²) in [7, 11) is 0. The number of anilines is 1. The molecule has 0 bridgehead atoms. The minimum absolute atomic E-state index is 0.0561. The van der Waals surface area contributed by atoms with Gasteiger partial charge in [-0.15, -0.1) is 11.3 Å². The fourth-order valence-electron chi connectivity index (χ4n) is 4.06. The van der Waals surface area contributed by atoms with Gasteiger partial charge in [0.05, 0.1) is 5.01 Å².